The lowest BCUT2D eigenvalue weighted by Crippen LogP contribution is -2.49. The minimum atomic E-state index is -0.743. The van der Waals surface area contributed by atoms with E-state index in [1.54, 1.807) is 0 Å². The van der Waals surface area contributed by atoms with Gasteiger partial charge in [-0.15, -0.1) is 0 Å². The van der Waals surface area contributed by atoms with Crippen molar-refractivity contribution in [3.05, 3.63) is 0 Å². The summed E-state index contributed by atoms with van der Waals surface area (Å²) in [5.41, 5.74) is -0.404. The molecule has 14 heavy (non-hydrogen) atoms. The fourth-order valence-corrected chi connectivity index (χ4v) is 2.12. The first kappa shape index (κ1) is 11.7. The zero-order valence-electron chi connectivity index (χ0n) is 9.72. The first-order chi connectivity index (χ1) is 6.22. The van der Waals surface area contributed by atoms with Crippen molar-refractivity contribution < 1.29 is 14.3 Å². The molecule has 0 spiro atoms. The van der Waals surface area contributed by atoms with Crippen LogP contribution in [0.15, 0.2) is 0 Å². The molecule has 1 rings (SSSR count). The van der Waals surface area contributed by atoms with Crippen LogP contribution >= 0.6 is 0 Å². The van der Waals surface area contributed by atoms with E-state index in [0.717, 1.165) is 0 Å². The quantitative estimate of drug-likeness (QED) is 0.686. The summed E-state index contributed by atoms with van der Waals surface area (Å²) >= 11 is 0. The van der Waals surface area contributed by atoms with E-state index in [1.807, 2.05) is 34.6 Å². The summed E-state index contributed by atoms with van der Waals surface area (Å²) in [6.07, 6.45) is 0.903. The van der Waals surface area contributed by atoms with Crippen LogP contribution in [0.4, 0.5) is 0 Å². The maximum absolute atomic E-state index is 11.5. The number of rotatable bonds is 2. The van der Waals surface area contributed by atoms with Crippen LogP contribution in [0.3, 0.4) is 0 Å². The van der Waals surface area contributed by atoms with E-state index in [4.69, 9.17) is 9.47 Å². The summed E-state index contributed by atoms with van der Waals surface area (Å²) in [5, 5.41) is 0. The summed E-state index contributed by atoms with van der Waals surface area (Å²) in [5.74, 6) is -0.531. The number of hydrogen-bond acceptors (Lipinski definition) is 3. The molecule has 0 N–H and O–H groups in total. The Morgan fingerprint density at radius 2 is 1.86 bits per heavy atom. The van der Waals surface area contributed by atoms with E-state index in [-0.39, 0.29) is 11.9 Å². The van der Waals surface area contributed by atoms with Gasteiger partial charge in [-0.2, -0.15) is 0 Å². The molecule has 1 atom stereocenters. The van der Waals surface area contributed by atoms with Crippen LogP contribution in [0.25, 0.3) is 0 Å². The normalized spacial score (nSPS) is 32.3. The second-order valence-electron chi connectivity index (χ2n) is 5.05. The minimum Gasteiger partial charge on any atom is -0.347 e. The summed E-state index contributed by atoms with van der Waals surface area (Å²) in [6, 6.07) is 0. The van der Waals surface area contributed by atoms with E-state index in [9.17, 15) is 4.79 Å². The Kier molecular flexibility index (Phi) is 3.02. The van der Waals surface area contributed by atoms with E-state index >= 15 is 0 Å². The lowest BCUT2D eigenvalue weighted by atomic mass is 9.92. The van der Waals surface area contributed by atoms with Gasteiger partial charge >= 0.3 is 0 Å². The maximum atomic E-state index is 11.5. The zero-order valence-corrected chi connectivity index (χ0v) is 9.72. The molecule has 1 fully saturated rings. The van der Waals surface area contributed by atoms with Gasteiger partial charge in [-0.05, 0) is 34.6 Å². The lowest BCUT2D eigenvalue weighted by Gasteiger charge is -2.42. The molecular formula is C11H20O3. The number of ether oxygens (including phenoxy) is 2. The minimum absolute atomic E-state index is 0.0710. The Hall–Kier alpha value is -0.410. The Labute approximate surface area is 85.8 Å². The molecule has 0 amide bonds. The van der Waals surface area contributed by atoms with E-state index in [0.29, 0.717) is 12.8 Å². The average Bonchev–Trinajstić information content (AvgIpc) is 1.74. The Bertz CT molecular complexity index is 233. The van der Waals surface area contributed by atoms with Crippen LogP contribution < -0.4 is 0 Å². The molecule has 0 aromatic heterocycles. The third-order valence-corrected chi connectivity index (χ3v) is 2.12. The van der Waals surface area contributed by atoms with E-state index in [2.05, 4.69) is 0 Å². The molecule has 0 aromatic carbocycles. The smallest absolute Gasteiger partial charge is 0.173 e. The third kappa shape index (κ3) is 3.07. The highest BCUT2D eigenvalue weighted by molar-refractivity contribution is 5.80. The fraction of sp³-hybridized carbons (Fsp3) is 0.909. The first-order valence-electron chi connectivity index (χ1n) is 5.12. The lowest BCUT2D eigenvalue weighted by molar-refractivity contribution is -0.295. The summed E-state index contributed by atoms with van der Waals surface area (Å²) in [6.45, 7) is 9.57. The van der Waals surface area contributed by atoms with Gasteiger partial charge in [0.25, 0.3) is 0 Å². The van der Waals surface area contributed by atoms with Gasteiger partial charge in [0.15, 0.2) is 5.79 Å². The highest BCUT2D eigenvalue weighted by Crippen LogP contribution is 2.34. The standard InChI is InChI=1S/C11H20O3/c1-8(2)13-11(5)7-9(12)6-10(3,4)14-11/h8H,6-7H2,1-5H3. The van der Waals surface area contributed by atoms with Crippen molar-refractivity contribution in [3.8, 4) is 0 Å². The molecule has 1 aliphatic rings. The average molecular weight is 200 g/mol. The highest BCUT2D eigenvalue weighted by atomic mass is 16.7. The molecule has 1 unspecified atom stereocenters. The monoisotopic (exact) mass is 200 g/mol. The molecule has 0 radical (unpaired) electrons. The van der Waals surface area contributed by atoms with Gasteiger partial charge in [0.2, 0.25) is 0 Å². The van der Waals surface area contributed by atoms with Crippen LogP contribution in [0.5, 0.6) is 0 Å². The van der Waals surface area contributed by atoms with Crippen molar-refractivity contribution in [1.29, 1.82) is 0 Å². The molecule has 0 saturated carbocycles. The topological polar surface area (TPSA) is 35.5 Å². The van der Waals surface area contributed by atoms with Crippen molar-refractivity contribution in [1.82, 2.24) is 0 Å². The zero-order chi connectivity index (χ0) is 11.0. The second kappa shape index (κ2) is 3.63. The van der Waals surface area contributed by atoms with E-state index in [1.165, 1.54) is 0 Å². The summed E-state index contributed by atoms with van der Waals surface area (Å²) < 4.78 is 11.4. The second-order valence-corrected chi connectivity index (χ2v) is 5.05. The Morgan fingerprint density at radius 3 is 2.29 bits per heavy atom. The maximum Gasteiger partial charge on any atom is 0.173 e. The largest absolute Gasteiger partial charge is 0.347 e. The number of ketones is 1. The van der Waals surface area contributed by atoms with Crippen LogP contribution in [0.1, 0.15) is 47.5 Å². The van der Waals surface area contributed by atoms with Crippen molar-refractivity contribution in [3.63, 3.8) is 0 Å². The van der Waals surface area contributed by atoms with Gasteiger partial charge < -0.3 is 9.47 Å². The van der Waals surface area contributed by atoms with Crippen LogP contribution in [0, 0.1) is 0 Å². The predicted octanol–water partition coefficient (Wildman–Crippen LogP) is 2.29. The SMILES string of the molecule is CC(C)OC1(C)CC(=O)CC(C)(C)O1. The summed E-state index contributed by atoms with van der Waals surface area (Å²) in [4.78, 5) is 11.5. The van der Waals surface area contributed by atoms with Crippen LogP contribution in [-0.2, 0) is 14.3 Å². The molecule has 3 nitrogen and oxygen atoms in total. The molecule has 3 heteroatoms. The molecule has 0 aromatic rings. The van der Waals surface area contributed by atoms with Gasteiger partial charge in [-0.1, -0.05) is 0 Å². The molecular weight excluding hydrogens is 180 g/mol. The molecule has 82 valence electrons. The predicted molar refractivity (Wildman–Crippen MR) is 54.0 cm³/mol. The Morgan fingerprint density at radius 1 is 1.29 bits per heavy atom. The van der Waals surface area contributed by atoms with Gasteiger partial charge in [-0.25, -0.2) is 0 Å². The van der Waals surface area contributed by atoms with Crippen molar-refractivity contribution in [2.45, 2.75) is 65.0 Å². The van der Waals surface area contributed by atoms with Gasteiger partial charge in [0.1, 0.15) is 5.78 Å². The van der Waals surface area contributed by atoms with Gasteiger partial charge in [-0.3, -0.25) is 4.79 Å². The number of hydrogen-bond donors (Lipinski definition) is 0. The number of Topliss-reactive ketones (excluding diaryl/α,β-unsaturated/α-hetero) is 1. The fourth-order valence-electron chi connectivity index (χ4n) is 2.12. The van der Waals surface area contributed by atoms with Crippen molar-refractivity contribution in [2.75, 3.05) is 0 Å². The molecule has 1 heterocycles. The van der Waals surface area contributed by atoms with Crippen LogP contribution in [-0.4, -0.2) is 23.3 Å². The molecule has 1 saturated heterocycles. The molecule has 0 bridgehead atoms. The van der Waals surface area contributed by atoms with E-state index < -0.39 is 11.4 Å². The van der Waals surface area contributed by atoms with Crippen molar-refractivity contribution in [2.24, 2.45) is 0 Å². The van der Waals surface area contributed by atoms with Gasteiger partial charge in [0.05, 0.1) is 18.1 Å². The molecule has 1 aliphatic heterocycles. The highest BCUT2D eigenvalue weighted by Gasteiger charge is 2.42. The van der Waals surface area contributed by atoms with Crippen LogP contribution in [0.2, 0.25) is 0 Å². The molecule has 0 aliphatic carbocycles. The van der Waals surface area contributed by atoms with Gasteiger partial charge in [0, 0.05) is 6.42 Å². The third-order valence-electron chi connectivity index (χ3n) is 2.12. The first-order valence-corrected chi connectivity index (χ1v) is 5.12. The summed E-state index contributed by atoms with van der Waals surface area (Å²) in [7, 11) is 0. The van der Waals surface area contributed by atoms with Crippen molar-refractivity contribution >= 4 is 5.78 Å². The number of carbonyl (C=O) groups excluding carboxylic acids is 1. The Balaban J connectivity index is 2.74. The number of carbonyl (C=O) groups is 1.